The number of anilines is 1. The van der Waals surface area contributed by atoms with Crippen molar-refractivity contribution in [2.45, 2.75) is 20.0 Å². The van der Waals surface area contributed by atoms with Crippen LogP contribution in [0.3, 0.4) is 0 Å². The van der Waals surface area contributed by atoms with Crippen LogP contribution in [0.2, 0.25) is 0 Å². The van der Waals surface area contributed by atoms with E-state index in [4.69, 9.17) is 0 Å². The van der Waals surface area contributed by atoms with Crippen LogP contribution in [0.5, 0.6) is 0 Å². The summed E-state index contributed by atoms with van der Waals surface area (Å²) in [7, 11) is 1.91. The van der Waals surface area contributed by atoms with Gasteiger partial charge in [0.15, 0.2) is 0 Å². The second-order valence-corrected chi connectivity index (χ2v) is 3.55. The van der Waals surface area contributed by atoms with E-state index in [0.717, 1.165) is 5.95 Å². The molecule has 1 atom stereocenters. The van der Waals surface area contributed by atoms with E-state index >= 15 is 0 Å². The van der Waals surface area contributed by atoms with Gasteiger partial charge in [-0.25, -0.2) is 4.98 Å². The summed E-state index contributed by atoms with van der Waals surface area (Å²) in [5.41, 5.74) is 0. The third kappa shape index (κ3) is 2.73. The molecule has 74 valence electrons. The van der Waals surface area contributed by atoms with Gasteiger partial charge in [-0.15, -0.1) is 0 Å². The molecule has 4 nitrogen and oxygen atoms in total. The van der Waals surface area contributed by atoms with E-state index in [1.807, 2.05) is 31.7 Å². The van der Waals surface area contributed by atoms with Crippen molar-refractivity contribution in [2.24, 2.45) is 13.0 Å². The van der Waals surface area contributed by atoms with Gasteiger partial charge in [0.05, 0.1) is 6.10 Å². The fraction of sp³-hybridized carbons (Fsp3) is 0.667. The molecule has 1 heterocycles. The largest absolute Gasteiger partial charge is 0.391 e. The fourth-order valence-corrected chi connectivity index (χ4v) is 0.968. The van der Waals surface area contributed by atoms with Gasteiger partial charge in [-0.05, 0) is 5.92 Å². The first-order valence-electron chi connectivity index (χ1n) is 4.50. The van der Waals surface area contributed by atoms with Gasteiger partial charge in [0.2, 0.25) is 5.95 Å². The zero-order valence-corrected chi connectivity index (χ0v) is 8.36. The lowest BCUT2D eigenvalue weighted by atomic mass is 10.1. The molecule has 1 rings (SSSR count). The van der Waals surface area contributed by atoms with Crippen LogP contribution in [0.4, 0.5) is 5.95 Å². The van der Waals surface area contributed by atoms with Gasteiger partial charge >= 0.3 is 0 Å². The third-order valence-electron chi connectivity index (χ3n) is 2.06. The van der Waals surface area contributed by atoms with Crippen molar-refractivity contribution in [2.75, 3.05) is 11.9 Å². The summed E-state index contributed by atoms with van der Waals surface area (Å²) in [6.07, 6.45) is 3.27. The van der Waals surface area contributed by atoms with Crippen molar-refractivity contribution in [1.29, 1.82) is 0 Å². The van der Waals surface area contributed by atoms with Crippen LogP contribution in [-0.4, -0.2) is 27.3 Å². The van der Waals surface area contributed by atoms with E-state index in [2.05, 4.69) is 10.3 Å². The molecule has 0 aliphatic heterocycles. The zero-order valence-electron chi connectivity index (χ0n) is 8.36. The van der Waals surface area contributed by atoms with E-state index in [1.165, 1.54) is 0 Å². The Labute approximate surface area is 78.6 Å². The normalized spacial score (nSPS) is 13.3. The Morgan fingerprint density at radius 2 is 2.31 bits per heavy atom. The summed E-state index contributed by atoms with van der Waals surface area (Å²) in [6.45, 7) is 4.53. The minimum absolute atomic E-state index is 0.271. The molecule has 1 unspecified atom stereocenters. The number of hydrogen-bond donors (Lipinski definition) is 2. The maximum absolute atomic E-state index is 9.52. The van der Waals surface area contributed by atoms with Crippen LogP contribution in [-0.2, 0) is 7.05 Å². The van der Waals surface area contributed by atoms with Crippen molar-refractivity contribution in [3.63, 3.8) is 0 Å². The second kappa shape index (κ2) is 4.28. The van der Waals surface area contributed by atoms with Crippen molar-refractivity contribution in [3.05, 3.63) is 12.4 Å². The number of nitrogens with one attached hydrogen (secondary N) is 1. The topological polar surface area (TPSA) is 50.1 Å². The molecule has 1 aromatic rings. The summed E-state index contributed by atoms with van der Waals surface area (Å²) in [4.78, 5) is 4.09. The summed E-state index contributed by atoms with van der Waals surface area (Å²) >= 11 is 0. The average molecular weight is 183 g/mol. The van der Waals surface area contributed by atoms with Gasteiger partial charge in [-0.2, -0.15) is 0 Å². The Morgan fingerprint density at radius 3 is 2.77 bits per heavy atom. The minimum atomic E-state index is -0.323. The lowest BCUT2D eigenvalue weighted by molar-refractivity contribution is 0.137. The quantitative estimate of drug-likeness (QED) is 0.727. The lowest BCUT2D eigenvalue weighted by Crippen LogP contribution is -2.25. The molecular weight excluding hydrogens is 166 g/mol. The number of imidazole rings is 1. The molecule has 0 amide bonds. The summed E-state index contributed by atoms with van der Waals surface area (Å²) in [5.74, 6) is 1.06. The van der Waals surface area contributed by atoms with Crippen molar-refractivity contribution in [1.82, 2.24) is 9.55 Å². The Balaban J connectivity index is 2.39. The maximum Gasteiger partial charge on any atom is 0.202 e. The van der Waals surface area contributed by atoms with Gasteiger partial charge in [-0.1, -0.05) is 13.8 Å². The molecule has 0 aliphatic rings. The monoisotopic (exact) mass is 183 g/mol. The van der Waals surface area contributed by atoms with Gasteiger partial charge < -0.3 is 15.0 Å². The highest BCUT2D eigenvalue weighted by molar-refractivity contribution is 5.25. The molecule has 0 aliphatic carbocycles. The SMILES string of the molecule is CC(C)C(O)CNc1nccn1C. The van der Waals surface area contributed by atoms with Crippen LogP contribution in [0.1, 0.15) is 13.8 Å². The number of aryl methyl sites for hydroxylation is 1. The fourth-order valence-electron chi connectivity index (χ4n) is 0.968. The molecule has 0 saturated carbocycles. The molecule has 0 saturated heterocycles. The molecular formula is C9H17N3O. The first-order valence-corrected chi connectivity index (χ1v) is 4.50. The van der Waals surface area contributed by atoms with Gasteiger partial charge in [0, 0.05) is 26.0 Å². The summed E-state index contributed by atoms with van der Waals surface area (Å²) in [5, 5.41) is 12.6. The van der Waals surface area contributed by atoms with E-state index in [9.17, 15) is 5.11 Å². The first-order chi connectivity index (χ1) is 6.11. The zero-order chi connectivity index (χ0) is 9.84. The van der Waals surface area contributed by atoms with Crippen LogP contribution >= 0.6 is 0 Å². The van der Waals surface area contributed by atoms with E-state index < -0.39 is 0 Å². The summed E-state index contributed by atoms with van der Waals surface area (Å²) in [6, 6.07) is 0. The van der Waals surface area contributed by atoms with Crippen LogP contribution in [0, 0.1) is 5.92 Å². The highest BCUT2D eigenvalue weighted by Crippen LogP contribution is 2.04. The predicted octanol–water partition coefficient (Wildman–Crippen LogP) is 0.849. The Bertz CT molecular complexity index is 257. The second-order valence-electron chi connectivity index (χ2n) is 3.55. The first kappa shape index (κ1) is 10.1. The number of aliphatic hydroxyl groups excluding tert-OH is 1. The summed E-state index contributed by atoms with van der Waals surface area (Å²) < 4.78 is 1.88. The van der Waals surface area contributed by atoms with Crippen LogP contribution in [0.15, 0.2) is 12.4 Å². The van der Waals surface area contributed by atoms with E-state index in [0.29, 0.717) is 6.54 Å². The molecule has 0 radical (unpaired) electrons. The van der Waals surface area contributed by atoms with Gasteiger partial charge in [-0.3, -0.25) is 0 Å². The smallest absolute Gasteiger partial charge is 0.202 e. The Kier molecular flexibility index (Phi) is 3.31. The molecule has 0 bridgehead atoms. The van der Waals surface area contributed by atoms with E-state index in [-0.39, 0.29) is 12.0 Å². The van der Waals surface area contributed by atoms with Crippen LogP contribution in [0.25, 0.3) is 0 Å². The number of hydrogen-bond acceptors (Lipinski definition) is 3. The van der Waals surface area contributed by atoms with Crippen molar-refractivity contribution >= 4 is 5.95 Å². The number of rotatable bonds is 4. The standard InChI is InChI=1S/C9H17N3O/c1-7(2)8(13)6-11-9-10-4-5-12(9)3/h4-5,7-8,13H,6H2,1-3H3,(H,10,11). The van der Waals surface area contributed by atoms with Gasteiger partial charge in [0.25, 0.3) is 0 Å². The molecule has 0 fully saturated rings. The van der Waals surface area contributed by atoms with Crippen molar-refractivity contribution < 1.29 is 5.11 Å². The molecule has 0 spiro atoms. The van der Waals surface area contributed by atoms with Crippen molar-refractivity contribution in [3.8, 4) is 0 Å². The maximum atomic E-state index is 9.52. The predicted molar refractivity (Wildman–Crippen MR) is 52.5 cm³/mol. The molecule has 13 heavy (non-hydrogen) atoms. The molecule has 1 aromatic heterocycles. The highest BCUT2D eigenvalue weighted by Gasteiger charge is 2.09. The molecule has 4 heteroatoms. The highest BCUT2D eigenvalue weighted by atomic mass is 16.3. The number of aromatic nitrogens is 2. The number of aliphatic hydroxyl groups is 1. The molecule has 0 aromatic carbocycles. The molecule has 2 N–H and O–H groups in total. The Morgan fingerprint density at radius 1 is 1.62 bits per heavy atom. The van der Waals surface area contributed by atoms with Crippen LogP contribution < -0.4 is 5.32 Å². The van der Waals surface area contributed by atoms with Gasteiger partial charge in [0.1, 0.15) is 0 Å². The van der Waals surface area contributed by atoms with E-state index in [1.54, 1.807) is 6.20 Å². The number of nitrogens with zero attached hydrogens (tertiary/aromatic N) is 2. The third-order valence-corrected chi connectivity index (χ3v) is 2.06. The lowest BCUT2D eigenvalue weighted by Gasteiger charge is -2.15. The average Bonchev–Trinajstić information content (AvgIpc) is 2.47. The Hall–Kier alpha value is -1.03. The minimum Gasteiger partial charge on any atom is -0.391 e.